The van der Waals surface area contributed by atoms with E-state index in [1.54, 1.807) is 4.90 Å². The monoisotopic (exact) mass is 339 g/mol. The van der Waals surface area contributed by atoms with Crippen molar-refractivity contribution < 1.29 is 14.7 Å². The Bertz CT molecular complexity index is 430. The van der Waals surface area contributed by atoms with Gasteiger partial charge in [0.15, 0.2) is 0 Å². The number of amides is 2. The van der Waals surface area contributed by atoms with Crippen LogP contribution in [0.25, 0.3) is 0 Å². The first-order valence-corrected chi connectivity index (χ1v) is 9.52. The zero-order valence-electron chi connectivity index (χ0n) is 15.2. The summed E-state index contributed by atoms with van der Waals surface area (Å²) in [7, 11) is 0. The Labute approximate surface area is 145 Å². The van der Waals surface area contributed by atoms with Gasteiger partial charge in [-0.1, -0.05) is 26.7 Å². The molecule has 3 unspecified atom stereocenters. The first kappa shape index (κ1) is 19.0. The molecule has 2 aliphatic rings. The Hall–Kier alpha value is -1.30. The van der Waals surface area contributed by atoms with Crippen LogP contribution in [0.15, 0.2) is 0 Å². The van der Waals surface area contributed by atoms with Gasteiger partial charge in [0.1, 0.15) is 0 Å². The number of hydrogen-bond acceptors (Lipinski definition) is 3. The summed E-state index contributed by atoms with van der Waals surface area (Å²) < 4.78 is 0. The molecule has 2 heterocycles. The van der Waals surface area contributed by atoms with Crippen molar-refractivity contribution in [3.05, 3.63) is 0 Å². The minimum absolute atomic E-state index is 0.0118. The highest BCUT2D eigenvalue weighted by Crippen LogP contribution is 2.23. The molecule has 2 aliphatic heterocycles. The lowest BCUT2D eigenvalue weighted by Gasteiger charge is -2.38. The first-order chi connectivity index (χ1) is 11.5. The van der Waals surface area contributed by atoms with E-state index in [4.69, 9.17) is 0 Å². The SMILES string of the molecule is CCCCN1CCCCC1CNC(=O)N1CCC(C(=O)O)C(C)C1. The van der Waals surface area contributed by atoms with Gasteiger partial charge in [0.05, 0.1) is 5.92 Å². The molecule has 2 amide bonds. The number of piperidine rings is 2. The number of unbranched alkanes of at least 4 members (excludes halogenated alkanes) is 1. The Morgan fingerprint density at radius 1 is 1.21 bits per heavy atom. The van der Waals surface area contributed by atoms with E-state index >= 15 is 0 Å². The minimum Gasteiger partial charge on any atom is -0.481 e. The summed E-state index contributed by atoms with van der Waals surface area (Å²) >= 11 is 0. The van der Waals surface area contributed by atoms with E-state index in [0.717, 1.165) is 19.5 Å². The molecule has 0 saturated carbocycles. The third-order valence-corrected chi connectivity index (χ3v) is 5.55. The van der Waals surface area contributed by atoms with Crippen molar-refractivity contribution in [2.45, 2.75) is 58.4 Å². The molecule has 2 rings (SSSR count). The lowest BCUT2D eigenvalue weighted by atomic mass is 9.87. The number of rotatable bonds is 6. The van der Waals surface area contributed by atoms with Crippen LogP contribution in [0.4, 0.5) is 4.79 Å². The Morgan fingerprint density at radius 3 is 2.67 bits per heavy atom. The van der Waals surface area contributed by atoms with Crippen molar-refractivity contribution in [2.75, 3.05) is 32.7 Å². The van der Waals surface area contributed by atoms with Gasteiger partial charge < -0.3 is 15.3 Å². The van der Waals surface area contributed by atoms with Crippen LogP contribution in [0.1, 0.15) is 52.4 Å². The molecule has 0 radical (unpaired) electrons. The quantitative estimate of drug-likeness (QED) is 0.779. The normalized spacial score (nSPS) is 28.6. The van der Waals surface area contributed by atoms with Crippen molar-refractivity contribution in [1.29, 1.82) is 0 Å². The predicted molar refractivity (Wildman–Crippen MR) is 94.0 cm³/mol. The third kappa shape index (κ3) is 5.10. The van der Waals surface area contributed by atoms with Crippen LogP contribution in [0.5, 0.6) is 0 Å². The Kier molecular flexibility index (Phi) is 7.34. The zero-order valence-corrected chi connectivity index (χ0v) is 15.2. The van der Waals surface area contributed by atoms with Crippen molar-refractivity contribution in [3.63, 3.8) is 0 Å². The molecule has 0 aromatic carbocycles. The molecule has 0 aromatic heterocycles. The molecule has 24 heavy (non-hydrogen) atoms. The maximum Gasteiger partial charge on any atom is 0.317 e. The van der Waals surface area contributed by atoms with Crippen LogP contribution < -0.4 is 5.32 Å². The number of urea groups is 1. The van der Waals surface area contributed by atoms with Gasteiger partial charge in [-0.05, 0) is 44.7 Å². The molecule has 3 atom stereocenters. The fourth-order valence-corrected chi connectivity index (χ4v) is 3.96. The molecule has 2 fully saturated rings. The Balaban J connectivity index is 1.78. The van der Waals surface area contributed by atoms with Gasteiger partial charge >= 0.3 is 12.0 Å². The highest BCUT2D eigenvalue weighted by atomic mass is 16.4. The number of hydrogen-bond donors (Lipinski definition) is 2. The van der Waals surface area contributed by atoms with Crippen LogP contribution in [0, 0.1) is 11.8 Å². The van der Waals surface area contributed by atoms with Crippen LogP contribution in [0.3, 0.4) is 0 Å². The van der Waals surface area contributed by atoms with E-state index in [-0.39, 0.29) is 17.9 Å². The summed E-state index contributed by atoms with van der Waals surface area (Å²) in [4.78, 5) is 27.9. The Morgan fingerprint density at radius 2 is 2.00 bits per heavy atom. The average molecular weight is 339 g/mol. The smallest absolute Gasteiger partial charge is 0.317 e. The van der Waals surface area contributed by atoms with Gasteiger partial charge in [-0.15, -0.1) is 0 Å². The zero-order chi connectivity index (χ0) is 17.5. The number of nitrogens with zero attached hydrogens (tertiary/aromatic N) is 2. The second kappa shape index (κ2) is 9.25. The van der Waals surface area contributed by atoms with E-state index in [9.17, 15) is 14.7 Å². The maximum absolute atomic E-state index is 12.4. The van der Waals surface area contributed by atoms with Gasteiger partial charge in [-0.2, -0.15) is 0 Å². The lowest BCUT2D eigenvalue weighted by molar-refractivity contribution is -0.145. The highest BCUT2D eigenvalue weighted by Gasteiger charge is 2.33. The van der Waals surface area contributed by atoms with Crippen molar-refractivity contribution in [3.8, 4) is 0 Å². The van der Waals surface area contributed by atoms with E-state index in [2.05, 4.69) is 17.1 Å². The number of nitrogens with one attached hydrogen (secondary N) is 1. The molecule has 2 N–H and O–H groups in total. The molecular weight excluding hydrogens is 306 g/mol. The number of carbonyl (C=O) groups excluding carboxylic acids is 1. The summed E-state index contributed by atoms with van der Waals surface area (Å²) in [5, 5.41) is 12.3. The van der Waals surface area contributed by atoms with Crippen LogP contribution in [-0.4, -0.2) is 65.7 Å². The van der Waals surface area contributed by atoms with E-state index in [1.807, 2.05) is 6.92 Å². The molecule has 6 heteroatoms. The molecule has 6 nitrogen and oxygen atoms in total. The fourth-order valence-electron chi connectivity index (χ4n) is 3.96. The fraction of sp³-hybridized carbons (Fsp3) is 0.889. The molecule has 0 spiro atoms. The summed E-state index contributed by atoms with van der Waals surface area (Å²) in [6.45, 7) is 8.17. The van der Waals surface area contributed by atoms with Gasteiger partial charge in [0.25, 0.3) is 0 Å². The second-order valence-corrected chi connectivity index (χ2v) is 7.38. The molecule has 138 valence electrons. The highest BCUT2D eigenvalue weighted by molar-refractivity contribution is 5.75. The second-order valence-electron chi connectivity index (χ2n) is 7.38. The van der Waals surface area contributed by atoms with Gasteiger partial charge in [-0.3, -0.25) is 9.69 Å². The molecule has 2 saturated heterocycles. The van der Waals surface area contributed by atoms with E-state index < -0.39 is 5.97 Å². The molecular formula is C18H33N3O3. The lowest BCUT2D eigenvalue weighted by Crippen LogP contribution is -2.52. The maximum atomic E-state index is 12.4. The van der Waals surface area contributed by atoms with Gasteiger partial charge in [0, 0.05) is 25.7 Å². The van der Waals surface area contributed by atoms with Crippen LogP contribution in [0.2, 0.25) is 0 Å². The predicted octanol–water partition coefficient (Wildman–Crippen LogP) is 2.39. The standard InChI is InChI=1S/C18H33N3O3/c1-3-4-9-20-10-6-5-7-15(20)12-19-18(24)21-11-8-16(17(22)23)14(2)13-21/h14-16H,3-13H2,1-2H3,(H,19,24)(H,22,23). The number of carbonyl (C=O) groups is 2. The summed E-state index contributed by atoms with van der Waals surface area (Å²) in [6.07, 6.45) is 6.62. The van der Waals surface area contributed by atoms with Crippen molar-refractivity contribution in [1.82, 2.24) is 15.1 Å². The minimum atomic E-state index is -0.740. The number of carboxylic acids is 1. The van der Waals surface area contributed by atoms with Gasteiger partial charge in [0.2, 0.25) is 0 Å². The molecule has 0 aliphatic carbocycles. The van der Waals surface area contributed by atoms with E-state index in [1.165, 1.54) is 25.7 Å². The first-order valence-electron chi connectivity index (χ1n) is 9.52. The number of likely N-dealkylation sites (tertiary alicyclic amines) is 2. The van der Waals surface area contributed by atoms with Crippen LogP contribution in [-0.2, 0) is 4.79 Å². The number of carboxylic acid groups (broad SMARTS) is 1. The van der Waals surface area contributed by atoms with Gasteiger partial charge in [-0.25, -0.2) is 4.79 Å². The van der Waals surface area contributed by atoms with Crippen molar-refractivity contribution >= 4 is 12.0 Å². The summed E-state index contributed by atoms with van der Waals surface area (Å²) in [5.74, 6) is -1.05. The number of aliphatic carboxylic acids is 1. The summed E-state index contributed by atoms with van der Waals surface area (Å²) in [5.41, 5.74) is 0. The average Bonchev–Trinajstić information content (AvgIpc) is 2.58. The van der Waals surface area contributed by atoms with Crippen molar-refractivity contribution in [2.24, 2.45) is 11.8 Å². The molecule has 0 bridgehead atoms. The van der Waals surface area contributed by atoms with Crippen LogP contribution >= 0.6 is 0 Å². The largest absolute Gasteiger partial charge is 0.481 e. The third-order valence-electron chi connectivity index (χ3n) is 5.55. The topological polar surface area (TPSA) is 72.9 Å². The molecule has 0 aromatic rings. The van der Waals surface area contributed by atoms with E-state index in [0.29, 0.717) is 32.1 Å². The summed E-state index contributed by atoms with van der Waals surface area (Å²) in [6, 6.07) is 0.412.